The van der Waals surface area contributed by atoms with E-state index in [9.17, 15) is 4.79 Å². The minimum absolute atomic E-state index is 0.179. The van der Waals surface area contributed by atoms with Gasteiger partial charge in [0, 0.05) is 19.7 Å². The lowest BCUT2D eigenvalue weighted by atomic mass is 10.2. The number of hydrogen-bond donors (Lipinski definition) is 1. The van der Waals surface area contributed by atoms with E-state index >= 15 is 0 Å². The molecule has 2 heterocycles. The molecule has 22 heavy (non-hydrogen) atoms. The molecule has 0 fully saturated rings. The van der Waals surface area contributed by atoms with Gasteiger partial charge in [0.25, 0.3) is 5.91 Å². The molecule has 0 aliphatic heterocycles. The molecule has 0 aromatic carbocycles. The van der Waals surface area contributed by atoms with Crippen LogP contribution in [0.4, 0.5) is 0 Å². The van der Waals surface area contributed by atoms with Gasteiger partial charge in [0.2, 0.25) is 5.88 Å². The van der Waals surface area contributed by atoms with Gasteiger partial charge in [-0.15, -0.1) is 10.2 Å². The minimum atomic E-state index is -0.179. The zero-order chi connectivity index (χ0) is 15.9. The smallest absolute Gasteiger partial charge is 0.254 e. The Morgan fingerprint density at radius 2 is 2.14 bits per heavy atom. The first-order valence-corrected chi connectivity index (χ1v) is 6.93. The lowest BCUT2D eigenvalue weighted by molar-refractivity contribution is 0.0936. The fourth-order valence-corrected chi connectivity index (χ4v) is 2.00. The van der Waals surface area contributed by atoms with E-state index in [1.165, 1.54) is 13.3 Å². The van der Waals surface area contributed by atoms with Gasteiger partial charge in [-0.2, -0.15) is 5.10 Å². The number of hydrogen-bond acceptors (Lipinski definition) is 6. The van der Waals surface area contributed by atoms with Crippen molar-refractivity contribution in [3.63, 3.8) is 0 Å². The van der Waals surface area contributed by atoms with E-state index in [1.807, 2.05) is 6.92 Å². The van der Waals surface area contributed by atoms with E-state index in [0.717, 1.165) is 5.69 Å². The summed E-state index contributed by atoms with van der Waals surface area (Å²) >= 11 is 0. The molecule has 0 spiro atoms. The van der Waals surface area contributed by atoms with Crippen LogP contribution in [0.3, 0.4) is 0 Å². The highest BCUT2D eigenvalue weighted by atomic mass is 16.5. The van der Waals surface area contributed by atoms with Gasteiger partial charge >= 0.3 is 0 Å². The predicted molar refractivity (Wildman–Crippen MR) is 79.3 cm³/mol. The summed E-state index contributed by atoms with van der Waals surface area (Å²) in [5.74, 6) is 0.779. The monoisotopic (exact) mass is 305 g/mol. The number of ether oxygens (including phenoxy) is 2. The third-order valence-electron chi connectivity index (χ3n) is 3.09. The molecular formula is C14H19N5O3. The minimum Gasteiger partial charge on any atom is -0.480 e. The molecule has 118 valence electrons. The Morgan fingerprint density at radius 1 is 1.32 bits per heavy atom. The highest BCUT2D eigenvalue weighted by molar-refractivity contribution is 5.95. The molecule has 0 aliphatic rings. The number of carbonyl (C=O) groups is 1. The molecule has 0 bridgehead atoms. The maximum atomic E-state index is 12.2. The summed E-state index contributed by atoms with van der Waals surface area (Å²) in [5, 5.41) is 15.0. The van der Waals surface area contributed by atoms with E-state index < -0.39 is 0 Å². The van der Waals surface area contributed by atoms with Crippen LogP contribution in [0.15, 0.2) is 18.3 Å². The van der Waals surface area contributed by atoms with Crippen molar-refractivity contribution in [1.29, 1.82) is 0 Å². The Morgan fingerprint density at radius 3 is 2.73 bits per heavy atom. The second-order valence-electron chi connectivity index (χ2n) is 4.45. The van der Waals surface area contributed by atoms with Crippen LogP contribution in [0, 0.1) is 0 Å². The van der Waals surface area contributed by atoms with Crippen LogP contribution in [0.5, 0.6) is 5.88 Å². The highest BCUT2D eigenvalue weighted by Crippen LogP contribution is 2.15. The fourth-order valence-electron chi connectivity index (χ4n) is 2.00. The molecule has 8 heteroatoms. The average molecular weight is 305 g/mol. The Bertz CT molecular complexity index is 624. The summed E-state index contributed by atoms with van der Waals surface area (Å²) in [7, 11) is 3.11. The molecular weight excluding hydrogens is 286 g/mol. The van der Waals surface area contributed by atoms with Crippen LogP contribution in [-0.4, -0.2) is 53.3 Å². The zero-order valence-electron chi connectivity index (χ0n) is 12.9. The lowest BCUT2D eigenvalue weighted by Gasteiger charge is -2.07. The topological polar surface area (TPSA) is 91.2 Å². The second kappa shape index (κ2) is 7.51. The van der Waals surface area contributed by atoms with Gasteiger partial charge in [0.1, 0.15) is 0 Å². The lowest BCUT2D eigenvalue weighted by Crippen LogP contribution is -2.27. The number of aromatic nitrogens is 4. The standard InChI is InChI=1S/C14H19N5O3/c1-4-11-10(14(20)15-7-8-21-2)9-16-19(11)12-5-6-13(22-3)18-17-12/h5-6,9H,4,7-8H2,1-3H3,(H,15,20). The molecule has 0 aliphatic carbocycles. The molecule has 1 N–H and O–H groups in total. The van der Waals surface area contributed by atoms with Gasteiger partial charge < -0.3 is 14.8 Å². The van der Waals surface area contributed by atoms with E-state index in [1.54, 1.807) is 23.9 Å². The van der Waals surface area contributed by atoms with Crippen LogP contribution in [0.1, 0.15) is 23.0 Å². The van der Waals surface area contributed by atoms with Crippen LogP contribution in [0.2, 0.25) is 0 Å². The van der Waals surface area contributed by atoms with Gasteiger partial charge in [-0.1, -0.05) is 6.92 Å². The first kappa shape index (κ1) is 15.9. The van der Waals surface area contributed by atoms with Crippen molar-refractivity contribution < 1.29 is 14.3 Å². The summed E-state index contributed by atoms with van der Waals surface area (Å²) in [5.41, 5.74) is 1.30. The van der Waals surface area contributed by atoms with E-state index in [2.05, 4.69) is 20.6 Å². The predicted octanol–water partition coefficient (Wildman–Crippen LogP) is 0.609. The Balaban J connectivity index is 2.24. The summed E-state index contributed by atoms with van der Waals surface area (Å²) < 4.78 is 11.5. The molecule has 0 radical (unpaired) electrons. The SMILES string of the molecule is CCc1c(C(=O)NCCOC)cnn1-c1ccc(OC)nn1. The molecule has 0 saturated heterocycles. The number of nitrogens with one attached hydrogen (secondary N) is 1. The van der Waals surface area contributed by atoms with Crippen molar-refractivity contribution >= 4 is 5.91 Å². The van der Waals surface area contributed by atoms with Crippen LogP contribution in [0.25, 0.3) is 5.82 Å². The molecule has 0 saturated carbocycles. The van der Waals surface area contributed by atoms with Gasteiger partial charge in [-0.05, 0) is 12.5 Å². The number of rotatable bonds is 7. The van der Waals surface area contributed by atoms with Gasteiger partial charge in [-0.25, -0.2) is 4.68 Å². The molecule has 1 amide bonds. The van der Waals surface area contributed by atoms with Crippen molar-refractivity contribution in [2.75, 3.05) is 27.4 Å². The van der Waals surface area contributed by atoms with Gasteiger partial charge in [-0.3, -0.25) is 4.79 Å². The second-order valence-corrected chi connectivity index (χ2v) is 4.45. The zero-order valence-corrected chi connectivity index (χ0v) is 12.9. The van der Waals surface area contributed by atoms with Crippen LogP contribution >= 0.6 is 0 Å². The first-order chi connectivity index (χ1) is 10.7. The third-order valence-corrected chi connectivity index (χ3v) is 3.09. The quantitative estimate of drug-likeness (QED) is 0.754. The van der Waals surface area contributed by atoms with E-state index in [0.29, 0.717) is 36.8 Å². The highest BCUT2D eigenvalue weighted by Gasteiger charge is 2.17. The number of nitrogens with zero attached hydrogens (tertiary/aromatic N) is 4. The first-order valence-electron chi connectivity index (χ1n) is 6.93. The van der Waals surface area contributed by atoms with Gasteiger partial charge in [0.15, 0.2) is 5.82 Å². The fraction of sp³-hybridized carbons (Fsp3) is 0.429. The maximum absolute atomic E-state index is 12.2. The number of amides is 1. The largest absolute Gasteiger partial charge is 0.480 e. The maximum Gasteiger partial charge on any atom is 0.254 e. The Kier molecular flexibility index (Phi) is 5.42. The number of methoxy groups -OCH3 is 2. The van der Waals surface area contributed by atoms with Crippen LogP contribution < -0.4 is 10.1 Å². The summed E-state index contributed by atoms with van der Waals surface area (Å²) in [6.07, 6.45) is 2.17. The molecule has 2 aromatic rings. The average Bonchev–Trinajstić information content (AvgIpc) is 2.99. The summed E-state index contributed by atoms with van der Waals surface area (Å²) in [4.78, 5) is 12.2. The molecule has 2 rings (SSSR count). The molecule has 0 atom stereocenters. The Labute approximate surface area is 128 Å². The Hall–Kier alpha value is -2.48. The van der Waals surface area contributed by atoms with Crippen LogP contribution in [-0.2, 0) is 11.2 Å². The van der Waals surface area contributed by atoms with E-state index in [-0.39, 0.29) is 5.91 Å². The third kappa shape index (κ3) is 3.40. The van der Waals surface area contributed by atoms with Crippen molar-refractivity contribution in [2.45, 2.75) is 13.3 Å². The van der Waals surface area contributed by atoms with Crippen molar-refractivity contribution in [1.82, 2.24) is 25.3 Å². The number of carbonyl (C=O) groups excluding carboxylic acids is 1. The molecule has 2 aromatic heterocycles. The molecule has 8 nitrogen and oxygen atoms in total. The van der Waals surface area contributed by atoms with Gasteiger partial charge in [0.05, 0.1) is 31.2 Å². The molecule has 0 unspecified atom stereocenters. The van der Waals surface area contributed by atoms with E-state index in [4.69, 9.17) is 9.47 Å². The summed E-state index contributed by atoms with van der Waals surface area (Å²) in [6, 6.07) is 3.44. The van der Waals surface area contributed by atoms with Crippen molar-refractivity contribution in [3.05, 3.63) is 29.6 Å². The normalized spacial score (nSPS) is 10.5. The summed E-state index contributed by atoms with van der Waals surface area (Å²) in [6.45, 7) is 2.87. The van der Waals surface area contributed by atoms with Crippen molar-refractivity contribution in [2.24, 2.45) is 0 Å². The van der Waals surface area contributed by atoms with Crippen molar-refractivity contribution in [3.8, 4) is 11.7 Å².